The Morgan fingerprint density at radius 1 is 1.45 bits per heavy atom. The third-order valence-corrected chi connectivity index (χ3v) is 5.96. The zero-order valence-electron chi connectivity index (χ0n) is 13.7. The molecule has 2 aromatic rings. The number of nitrogens with zero attached hydrogens (tertiary/aromatic N) is 2. The summed E-state index contributed by atoms with van der Waals surface area (Å²) in [5, 5.41) is 4.11. The number of aromatic amines is 1. The Kier molecular flexibility index (Phi) is 4.34. The maximum Gasteiger partial charge on any atom is 0.259 e. The minimum Gasteiger partial charge on any atom is -0.316 e. The van der Waals surface area contributed by atoms with E-state index in [2.05, 4.69) is 22.1 Å². The molecule has 0 saturated carbocycles. The Labute approximate surface area is 134 Å². The molecule has 0 aromatic carbocycles. The van der Waals surface area contributed by atoms with E-state index in [0.29, 0.717) is 6.04 Å². The summed E-state index contributed by atoms with van der Waals surface area (Å²) in [5.74, 6) is 0.788. The molecule has 2 unspecified atom stereocenters. The zero-order valence-corrected chi connectivity index (χ0v) is 14.5. The molecular formula is C16H24N4OS. The minimum absolute atomic E-state index is 0.00382. The summed E-state index contributed by atoms with van der Waals surface area (Å²) in [6, 6.07) is 0.661. The smallest absolute Gasteiger partial charge is 0.259 e. The van der Waals surface area contributed by atoms with Crippen LogP contribution in [0.25, 0.3) is 10.2 Å². The Balaban J connectivity index is 1.94. The third-order valence-electron chi connectivity index (χ3n) is 4.86. The van der Waals surface area contributed by atoms with Crippen LogP contribution in [0, 0.1) is 13.8 Å². The van der Waals surface area contributed by atoms with Crippen LogP contribution >= 0.6 is 11.3 Å². The number of hydrogen-bond donors (Lipinski definition) is 2. The monoisotopic (exact) mass is 320 g/mol. The van der Waals surface area contributed by atoms with E-state index < -0.39 is 0 Å². The first-order valence-corrected chi connectivity index (χ1v) is 8.74. The molecule has 1 aliphatic heterocycles. The Hall–Kier alpha value is -1.24. The van der Waals surface area contributed by atoms with E-state index in [1.807, 2.05) is 20.9 Å². The molecular weight excluding hydrogens is 296 g/mol. The van der Waals surface area contributed by atoms with Gasteiger partial charge in [0, 0.05) is 17.5 Å². The molecule has 5 nitrogen and oxygen atoms in total. The highest BCUT2D eigenvalue weighted by Gasteiger charge is 2.25. The van der Waals surface area contributed by atoms with E-state index in [1.165, 1.54) is 17.7 Å². The summed E-state index contributed by atoms with van der Waals surface area (Å²) < 4.78 is 0. The lowest BCUT2D eigenvalue weighted by Crippen LogP contribution is -2.45. The van der Waals surface area contributed by atoms with Crippen molar-refractivity contribution in [2.24, 2.45) is 0 Å². The lowest BCUT2D eigenvalue weighted by atomic mass is 10.0. The van der Waals surface area contributed by atoms with Gasteiger partial charge in [-0.15, -0.1) is 11.3 Å². The maximum absolute atomic E-state index is 12.4. The lowest BCUT2D eigenvalue weighted by molar-refractivity contribution is 0.144. The fourth-order valence-corrected chi connectivity index (χ4v) is 4.27. The molecule has 1 aliphatic rings. The molecule has 6 heteroatoms. The van der Waals surface area contributed by atoms with Crippen molar-refractivity contribution in [2.45, 2.75) is 45.7 Å². The fourth-order valence-electron chi connectivity index (χ4n) is 3.24. The molecule has 22 heavy (non-hydrogen) atoms. The quantitative estimate of drug-likeness (QED) is 0.911. The molecule has 0 aliphatic carbocycles. The molecule has 3 rings (SSSR count). The van der Waals surface area contributed by atoms with Crippen molar-refractivity contribution in [1.82, 2.24) is 20.2 Å². The number of aryl methyl sites for hydroxylation is 2. The van der Waals surface area contributed by atoms with Crippen LogP contribution in [-0.2, 0) is 0 Å². The van der Waals surface area contributed by atoms with E-state index in [9.17, 15) is 4.79 Å². The predicted octanol–water partition coefficient (Wildman–Crippen LogP) is 2.35. The predicted molar refractivity (Wildman–Crippen MR) is 91.8 cm³/mol. The summed E-state index contributed by atoms with van der Waals surface area (Å²) in [5.41, 5.74) is 1.05. The van der Waals surface area contributed by atoms with E-state index in [0.717, 1.165) is 34.7 Å². The van der Waals surface area contributed by atoms with Crippen LogP contribution in [0.5, 0.6) is 0 Å². The summed E-state index contributed by atoms with van der Waals surface area (Å²) in [6.45, 7) is 8.24. The molecule has 1 saturated heterocycles. The van der Waals surface area contributed by atoms with Crippen LogP contribution in [-0.4, -0.2) is 41.0 Å². The normalized spacial score (nSPS) is 21.4. The number of piperidine rings is 1. The summed E-state index contributed by atoms with van der Waals surface area (Å²) in [4.78, 5) is 24.6. The first kappa shape index (κ1) is 15.6. The first-order valence-electron chi connectivity index (χ1n) is 7.92. The molecule has 2 atom stereocenters. The van der Waals surface area contributed by atoms with Crippen molar-refractivity contribution in [2.75, 3.05) is 20.1 Å². The number of H-pyrrole nitrogens is 1. The highest BCUT2D eigenvalue weighted by atomic mass is 32.1. The molecule has 0 radical (unpaired) electrons. The average molecular weight is 320 g/mol. The van der Waals surface area contributed by atoms with Crippen molar-refractivity contribution in [3.63, 3.8) is 0 Å². The van der Waals surface area contributed by atoms with Gasteiger partial charge in [0.05, 0.1) is 11.4 Å². The van der Waals surface area contributed by atoms with E-state index in [-0.39, 0.29) is 11.6 Å². The van der Waals surface area contributed by atoms with Crippen LogP contribution in [0.3, 0.4) is 0 Å². The van der Waals surface area contributed by atoms with Crippen LogP contribution in [0.1, 0.15) is 42.1 Å². The number of aromatic nitrogens is 2. The van der Waals surface area contributed by atoms with Crippen molar-refractivity contribution in [1.29, 1.82) is 0 Å². The largest absolute Gasteiger partial charge is 0.316 e. The number of thiophene rings is 1. The van der Waals surface area contributed by atoms with Crippen molar-refractivity contribution in [3.8, 4) is 0 Å². The summed E-state index contributed by atoms with van der Waals surface area (Å²) >= 11 is 1.61. The van der Waals surface area contributed by atoms with Crippen molar-refractivity contribution in [3.05, 3.63) is 26.6 Å². The second kappa shape index (κ2) is 6.10. The van der Waals surface area contributed by atoms with Gasteiger partial charge in [-0.3, -0.25) is 9.69 Å². The van der Waals surface area contributed by atoms with Crippen LogP contribution in [0.4, 0.5) is 0 Å². The molecule has 3 heterocycles. The number of likely N-dealkylation sites (N-methyl/N-ethyl adjacent to an activating group) is 1. The van der Waals surface area contributed by atoms with Gasteiger partial charge < -0.3 is 10.3 Å². The lowest BCUT2D eigenvalue weighted by Gasteiger charge is -2.36. The van der Waals surface area contributed by atoms with Gasteiger partial charge in [0.25, 0.3) is 5.56 Å². The molecule has 1 fully saturated rings. The highest BCUT2D eigenvalue weighted by molar-refractivity contribution is 7.18. The topological polar surface area (TPSA) is 61.0 Å². The number of nitrogens with one attached hydrogen (secondary N) is 2. The SMILES string of the molecule is CNC1CCCN(C(C)c2nc3sc(C)c(C)c3c(=O)[nH]2)C1. The minimum atomic E-state index is -0.00382. The van der Waals surface area contributed by atoms with E-state index in [4.69, 9.17) is 4.98 Å². The van der Waals surface area contributed by atoms with Crippen LogP contribution in [0.2, 0.25) is 0 Å². The highest BCUT2D eigenvalue weighted by Crippen LogP contribution is 2.28. The van der Waals surface area contributed by atoms with Crippen LogP contribution in [0.15, 0.2) is 4.79 Å². The molecule has 0 spiro atoms. The zero-order chi connectivity index (χ0) is 15.9. The fraction of sp³-hybridized carbons (Fsp3) is 0.625. The number of likely N-dealkylation sites (tertiary alicyclic amines) is 1. The van der Waals surface area contributed by atoms with Gasteiger partial charge >= 0.3 is 0 Å². The maximum atomic E-state index is 12.4. The van der Waals surface area contributed by atoms with Gasteiger partial charge in [0.1, 0.15) is 10.7 Å². The second-order valence-corrected chi connectivity index (χ2v) is 7.42. The van der Waals surface area contributed by atoms with Crippen molar-refractivity contribution >= 4 is 21.6 Å². The van der Waals surface area contributed by atoms with Crippen molar-refractivity contribution < 1.29 is 0 Å². The molecule has 0 amide bonds. The Morgan fingerprint density at radius 3 is 2.95 bits per heavy atom. The summed E-state index contributed by atoms with van der Waals surface area (Å²) in [6.07, 6.45) is 2.39. The van der Waals surface area contributed by atoms with Crippen LogP contribution < -0.4 is 10.9 Å². The molecule has 0 bridgehead atoms. The Bertz CT molecular complexity index is 736. The number of fused-ring (bicyclic) bond motifs is 1. The summed E-state index contributed by atoms with van der Waals surface area (Å²) in [7, 11) is 2.02. The van der Waals surface area contributed by atoms with Gasteiger partial charge in [-0.05, 0) is 52.8 Å². The Morgan fingerprint density at radius 2 is 2.23 bits per heavy atom. The number of hydrogen-bond acceptors (Lipinski definition) is 5. The van der Waals surface area contributed by atoms with E-state index >= 15 is 0 Å². The second-order valence-electron chi connectivity index (χ2n) is 6.21. The third kappa shape index (κ3) is 2.71. The molecule has 120 valence electrons. The number of rotatable bonds is 3. The van der Waals surface area contributed by atoms with Gasteiger partial charge in [0.2, 0.25) is 0 Å². The van der Waals surface area contributed by atoms with Gasteiger partial charge in [0.15, 0.2) is 0 Å². The van der Waals surface area contributed by atoms with E-state index in [1.54, 1.807) is 11.3 Å². The average Bonchev–Trinajstić information content (AvgIpc) is 2.81. The molecule has 2 N–H and O–H groups in total. The standard InChI is InChI=1S/C16H24N4OS/c1-9-11(3)22-16-13(9)15(21)18-14(19-16)10(2)20-7-5-6-12(8-20)17-4/h10,12,17H,5-8H2,1-4H3,(H,18,19,21). The molecule has 2 aromatic heterocycles. The van der Waals surface area contributed by atoms with Gasteiger partial charge in [-0.1, -0.05) is 0 Å². The van der Waals surface area contributed by atoms with Gasteiger partial charge in [-0.2, -0.15) is 0 Å². The first-order chi connectivity index (χ1) is 10.5. The van der Waals surface area contributed by atoms with Gasteiger partial charge in [-0.25, -0.2) is 4.98 Å².